The molecule has 0 spiro atoms. The van der Waals surface area contributed by atoms with Crippen LogP contribution in [0, 0.1) is 0 Å². The van der Waals surface area contributed by atoms with Gasteiger partial charge in [0.2, 0.25) is 20.0 Å². The summed E-state index contributed by atoms with van der Waals surface area (Å²) in [6.07, 6.45) is 0. The van der Waals surface area contributed by atoms with Crippen molar-refractivity contribution < 1.29 is 26.4 Å². The zero-order valence-corrected chi connectivity index (χ0v) is 20.8. The van der Waals surface area contributed by atoms with E-state index in [2.05, 4.69) is 0 Å². The number of ether oxygens (including phenoxy) is 1. The minimum Gasteiger partial charge on any atom is -0.465 e. The van der Waals surface area contributed by atoms with Crippen molar-refractivity contribution in [3.05, 3.63) is 23.8 Å². The molecule has 0 aromatic heterocycles. The Bertz CT molecular complexity index is 883. The highest BCUT2D eigenvalue weighted by molar-refractivity contribution is 7.90. The minimum atomic E-state index is -4.07. The number of benzene rings is 1. The van der Waals surface area contributed by atoms with E-state index in [1.807, 2.05) is 0 Å². The monoisotopic (exact) mass is 462 g/mol. The fourth-order valence-corrected chi connectivity index (χ4v) is 7.54. The fraction of sp³-hybridized carbons (Fsp3) is 0.650. The number of hydrogen-bond acceptors (Lipinski definition) is 6. The Hall–Kier alpha value is -1.49. The Balaban J connectivity index is 3.88. The Morgan fingerprint density at radius 1 is 0.700 bits per heavy atom. The molecule has 0 bridgehead atoms. The molecule has 0 saturated carbocycles. The molecule has 0 unspecified atom stereocenters. The molecule has 30 heavy (non-hydrogen) atoms. The quantitative estimate of drug-likeness (QED) is 0.523. The Labute approximate surface area is 181 Å². The molecular weight excluding hydrogens is 428 g/mol. The number of methoxy groups -OCH3 is 1. The van der Waals surface area contributed by atoms with E-state index in [1.54, 1.807) is 55.4 Å². The maximum absolute atomic E-state index is 13.4. The van der Waals surface area contributed by atoms with Crippen LogP contribution in [0.3, 0.4) is 0 Å². The van der Waals surface area contributed by atoms with E-state index in [0.717, 1.165) is 25.3 Å². The molecule has 1 rings (SSSR count). The molecule has 1 aromatic carbocycles. The third-order valence-electron chi connectivity index (χ3n) is 4.49. The molecule has 0 atom stereocenters. The summed E-state index contributed by atoms with van der Waals surface area (Å²) in [5.41, 5.74) is -0.142. The molecule has 0 aliphatic heterocycles. The van der Waals surface area contributed by atoms with E-state index in [-0.39, 0.29) is 39.5 Å². The highest BCUT2D eigenvalue weighted by atomic mass is 32.2. The molecule has 0 N–H and O–H groups in total. The van der Waals surface area contributed by atoms with Crippen LogP contribution in [0.1, 0.15) is 65.7 Å². The predicted molar refractivity (Wildman–Crippen MR) is 116 cm³/mol. The van der Waals surface area contributed by atoms with Crippen LogP contribution in [0.15, 0.2) is 28.0 Å². The summed E-state index contributed by atoms with van der Waals surface area (Å²) in [7, 11) is -6.99. The van der Waals surface area contributed by atoms with Gasteiger partial charge in [-0.15, -0.1) is 0 Å². The van der Waals surface area contributed by atoms with Gasteiger partial charge in [-0.3, -0.25) is 0 Å². The van der Waals surface area contributed by atoms with E-state index < -0.39 is 26.0 Å². The first-order chi connectivity index (χ1) is 13.6. The molecule has 1 aromatic rings. The molecular formula is C20H34N2O6S2. The number of sulfonamides is 2. The first-order valence-corrected chi connectivity index (χ1v) is 12.8. The lowest BCUT2D eigenvalue weighted by molar-refractivity contribution is 0.0600. The molecule has 8 nitrogen and oxygen atoms in total. The molecule has 0 aliphatic carbocycles. The van der Waals surface area contributed by atoms with Gasteiger partial charge in [-0.1, -0.05) is 0 Å². The average Bonchev–Trinajstić information content (AvgIpc) is 2.58. The standard InChI is InChI=1S/C20H34N2O6S2/c1-13(2)21(14(3)4)29(24,25)18-10-17(20(23)28-9)11-19(12-18)30(26,27)22(15(5)6)16(7)8/h10-16H,1-9H3. The van der Waals surface area contributed by atoms with E-state index in [4.69, 9.17) is 4.74 Å². The first kappa shape index (κ1) is 26.5. The number of rotatable bonds is 9. The SMILES string of the molecule is COC(=O)c1cc(S(=O)(=O)N(C(C)C)C(C)C)cc(S(=O)(=O)N(C(C)C)C(C)C)c1. The number of hydrogen-bond donors (Lipinski definition) is 0. The van der Waals surface area contributed by atoms with Crippen molar-refractivity contribution in [2.75, 3.05) is 7.11 Å². The van der Waals surface area contributed by atoms with Gasteiger partial charge in [0.05, 0.1) is 22.5 Å². The van der Waals surface area contributed by atoms with Crippen molar-refractivity contribution in [2.24, 2.45) is 0 Å². The lowest BCUT2D eigenvalue weighted by Gasteiger charge is -2.31. The topological polar surface area (TPSA) is 101 Å². The second-order valence-electron chi connectivity index (χ2n) is 8.23. The van der Waals surface area contributed by atoms with Crippen molar-refractivity contribution in [2.45, 2.75) is 89.3 Å². The lowest BCUT2D eigenvalue weighted by Crippen LogP contribution is -2.43. The van der Waals surface area contributed by atoms with Crippen LogP contribution in [0.2, 0.25) is 0 Å². The lowest BCUT2D eigenvalue weighted by atomic mass is 10.2. The molecule has 0 fully saturated rings. The zero-order valence-electron chi connectivity index (χ0n) is 19.2. The molecule has 0 saturated heterocycles. The molecule has 10 heteroatoms. The molecule has 172 valence electrons. The van der Waals surface area contributed by atoms with E-state index in [0.29, 0.717) is 0 Å². The predicted octanol–water partition coefficient (Wildman–Crippen LogP) is 3.09. The van der Waals surface area contributed by atoms with Crippen LogP contribution in [0.25, 0.3) is 0 Å². The Morgan fingerprint density at radius 3 is 1.23 bits per heavy atom. The van der Waals surface area contributed by atoms with Crippen molar-refractivity contribution in [1.29, 1.82) is 0 Å². The van der Waals surface area contributed by atoms with Crippen molar-refractivity contribution in [1.82, 2.24) is 8.61 Å². The van der Waals surface area contributed by atoms with Gasteiger partial charge < -0.3 is 4.74 Å². The van der Waals surface area contributed by atoms with Gasteiger partial charge in [0, 0.05) is 24.2 Å². The second kappa shape index (κ2) is 9.76. The van der Waals surface area contributed by atoms with Gasteiger partial charge in [0.15, 0.2) is 0 Å². The van der Waals surface area contributed by atoms with Gasteiger partial charge in [-0.25, -0.2) is 21.6 Å². The number of carbonyl (C=O) groups excluding carboxylic acids is 1. The van der Waals surface area contributed by atoms with Crippen LogP contribution in [0.5, 0.6) is 0 Å². The number of carbonyl (C=O) groups is 1. The highest BCUT2D eigenvalue weighted by Gasteiger charge is 2.34. The Kier molecular flexibility index (Phi) is 8.63. The van der Waals surface area contributed by atoms with E-state index >= 15 is 0 Å². The van der Waals surface area contributed by atoms with Crippen molar-refractivity contribution in [3.63, 3.8) is 0 Å². The van der Waals surface area contributed by atoms with Gasteiger partial charge in [0.1, 0.15) is 0 Å². The normalized spacial score (nSPS) is 13.3. The molecule has 0 amide bonds. The van der Waals surface area contributed by atoms with Crippen LogP contribution in [0.4, 0.5) is 0 Å². The summed E-state index contributed by atoms with van der Waals surface area (Å²) in [4.78, 5) is 11.7. The van der Waals surface area contributed by atoms with Gasteiger partial charge in [-0.2, -0.15) is 8.61 Å². The fourth-order valence-electron chi connectivity index (χ4n) is 3.65. The Morgan fingerprint density at radius 2 is 1.00 bits per heavy atom. The van der Waals surface area contributed by atoms with E-state index in [1.165, 1.54) is 8.61 Å². The van der Waals surface area contributed by atoms with Gasteiger partial charge in [0.25, 0.3) is 0 Å². The van der Waals surface area contributed by atoms with Crippen LogP contribution >= 0.6 is 0 Å². The summed E-state index contributed by atoms with van der Waals surface area (Å²) in [5.74, 6) is -0.815. The average molecular weight is 463 g/mol. The highest BCUT2D eigenvalue weighted by Crippen LogP contribution is 2.28. The zero-order chi connectivity index (χ0) is 23.6. The summed E-state index contributed by atoms with van der Waals surface area (Å²) in [6, 6.07) is 1.99. The maximum atomic E-state index is 13.4. The molecule has 0 heterocycles. The van der Waals surface area contributed by atoms with Crippen LogP contribution in [-0.4, -0.2) is 62.7 Å². The summed E-state index contributed by atoms with van der Waals surface area (Å²) in [6.45, 7) is 13.9. The summed E-state index contributed by atoms with van der Waals surface area (Å²) in [5, 5.41) is 0. The third kappa shape index (κ3) is 5.40. The number of esters is 1. The number of nitrogens with zero attached hydrogens (tertiary/aromatic N) is 2. The molecule has 0 radical (unpaired) electrons. The smallest absolute Gasteiger partial charge is 0.337 e. The summed E-state index contributed by atoms with van der Waals surface area (Å²) >= 11 is 0. The minimum absolute atomic E-state index is 0.142. The first-order valence-electron chi connectivity index (χ1n) is 9.89. The molecule has 0 aliphatic rings. The summed E-state index contributed by atoms with van der Waals surface area (Å²) < 4.78 is 60.7. The third-order valence-corrected chi connectivity index (χ3v) is 8.95. The largest absolute Gasteiger partial charge is 0.465 e. The second-order valence-corrected chi connectivity index (χ2v) is 11.9. The van der Waals surface area contributed by atoms with E-state index in [9.17, 15) is 21.6 Å². The van der Waals surface area contributed by atoms with Gasteiger partial charge in [-0.05, 0) is 73.6 Å². The van der Waals surface area contributed by atoms with Crippen molar-refractivity contribution in [3.8, 4) is 0 Å². The van der Waals surface area contributed by atoms with Crippen LogP contribution < -0.4 is 0 Å². The van der Waals surface area contributed by atoms with Crippen LogP contribution in [-0.2, 0) is 24.8 Å². The van der Waals surface area contributed by atoms with Crippen molar-refractivity contribution >= 4 is 26.0 Å². The maximum Gasteiger partial charge on any atom is 0.337 e. The van der Waals surface area contributed by atoms with Gasteiger partial charge >= 0.3 is 5.97 Å².